The van der Waals surface area contributed by atoms with Crippen molar-refractivity contribution in [3.63, 3.8) is 0 Å². The summed E-state index contributed by atoms with van der Waals surface area (Å²) < 4.78 is 1.81. The maximum absolute atomic E-state index is 6.18. The van der Waals surface area contributed by atoms with E-state index >= 15 is 0 Å². The molecular formula is C22H33N9. The van der Waals surface area contributed by atoms with Gasteiger partial charge in [0.1, 0.15) is 5.82 Å². The van der Waals surface area contributed by atoms with Gasteiger partial charge in [0.05, 0.1) is 11.9 Å². The van der Waals surface area contributed by atoms with E-state index < -0.39 is 0 Å². The average molecular weight is 424 g/mol. The second kappa shape index (κ2) is 9.47. The molecule has 1 aliphatic heterocycles. The van der Waals surface area contributed by atoms with Crippen LogP contribution in [0.2, 0.25) is 0 Å². The fourth-order valence-electron chi connectivity index (χ4n) is 4.18. The molecule has 1 saturated heterocycles. The number of imidazole rings is 1. The number of rotatable bonds is 8. The molecule has 166 valence electrons. The SMILES string of the molecule is CCCC(CC)Nc1nc(N)c2ncc(Cc3cnc(N4CCNCC4)c(C)c3)n2n1. The molecule has 0 aromatic carbocycles. The molecule has 9 nitrogen and oxygen atoms in total. The van der Waals surface area contributed by atoms with Crippen molar-refractivity contribution >= 4 is 23.2 Å². The number of piperazine rings is 1. The van der Waals surface area contributed by atoms with E-state index in [9.17, 15) is 0 Å². The smallest absolute Gasteiger partial charge is 0.243 e. The monoisotopic (exact) mass is 423 g/mol. The van der Waals surface area contributed by atoms with Crippen LogP contribution >= 0.6 is 0 Å². The second-order valence-electron chi connectivity index (χ2n) is 8.24. The van der Waals surface area contributed by atoms with Crippen molar-refractivity contribution in [2.75, 3.05) is 42.1 Å². The summed E-state index contributed by atoms with van der Waals surface area (Å²) in [7, 11) is 0. The molecule has 1 fully saturated rings. The Morgan fingerprint density at radius 1 is 1.19 bits per heavy atom. The van der Waals surface area contributed by atoms with E-state index in [1.54, 1.807) is 0 Å². The molecular weight excluding hydrogens is 390 g/mol. The number of aromatic nitrogens is 5. The molecule has 4 N–H and O–H groups in total. The largest absolute Gasteiger partial charge is 0.380 e. The number of nitrogens with zero attached hydrogens (tertiary/aromatic N) is 6. The van der Waals surface area contributed by atoms with Crippen LogP contribution in [0, 0.1) is 6.92 Å². The van der Waals surface area contributed by atoms with Crippen molar-refractivity contribution in [2.45, 2.75) is 52.5 Å². The van der Waals surface area contributed by atoms with Crippen LogP contribution in [-0.4, -0.2) is 56.8 Å². The Kier molecular flexibility index (Phi) is 6.50. The first-order valence-electron chi connectivity index (χ1n) is 11.3. The molecule has 0 radical (unpaired) electrons. The van der Waals surface area contributed by atoms with Gasteiger partial charge >= 0.3 is 0 Å². The molecule has 1 atom stereocenters. The van der Waals surface area contributed by atoms with Crippen molar-refractivity contribution in [3.8, 4) is 0 Å². The standard InChI is InChI=1S/C22H33N9/c1-4-6-17(5-2)27-22-28-19(23)21-26-14-18(31(21)29-22)12-16-11-15(3)20(25-13-16)30-9-7-24-8-10-30/h11,13-14,17,24H,4-10,12H2,1-3H3,(H3,23,27,28,29). The quantitative estimate of drug-likeness (QED) is 0.507. The molecule has 1 aliphatic rings. The van der Waals surface area contributed by atoms with Crippen LogP contribution in [0.4, 0.5) is 17.6 Å². The zero-order valence-electron chi connectivity index (χ0n) is 18.7. The first kappa shape index (κ1) is 21.3. The minimum Gasteiger partial charge on any atom is -0.380 e. The number of hydrogen-bond donors (Lipinski definition) is 3. The van der Waals surface area contributed by atoms with Gasteiger partial charge in [-0.25, -0.2) is 14.5 Å². The number of fused-ring (bicyclic) bond motifs is 1. The molecule has 0 spiro atoms. The van der Waals surface area contributed by atoms with Gasteiger partial charge in [0.2, 0.25) is 5.95 Å². The van der Waals surface area contributed by atoms with Gasteiger partial charge in [-0.05, 0) is 30.9 Å². The van der Waals surface area contributed by atoms with E-state index in [1.165, 1.54) is 5.56 Å². The number of pyridine rings is 1. The van der Waals surface area contributed by atoms with E-state index in [0.717, 1.165) is 62.5 Å². The molecule has 3 aromatic rings. The summed E-state index contributed by atoms with van der Waals surface area (Å²) in [6, 6.07) is 2.54. The topological polar surface area (TPSA) is 109 Å². The van der Waals surface area contributed by atoms with Crippen LogP contribution in [0.3, 0.4) is 0 Å². The Balaban J connectivity index is 1.57. The summed E-state index contributed by atoms with van der Waals surface area (Å²) in [6.07, 6.45) is 7.65. The third-order valence-corrected chi connectivity index (χ3v) is 5.83. The van der Waals surface area contributed by atoms with Gasteiger partial charge < -0.3 is 21.3 Å². The van der Waals surface area contributed by atoms with Crippen molar-refractivity contribution in [1.29, 1.82) is 0 Å². The van der Waals surface area contributed by atoms with Crippen LogP contribution < -0.4 is 21.3 Å². The van der Waals surface area contributed by atoms with Gasteiger partial charge in [0, 0.05) is 44.8 Å². The molecule has 4 heterocycles. The van der Waals surface area contributed by atoms with Gasteiger partial charge in [0.15, 0.2) is 11.5 Å². The Bertz CT molecular complexity index is 1020. The minimum absolute atomic E-state index is 0.332. The Morgan fingerprint density at radius 2 is 2.00 bits per heavy atom. The van der Waals surface area contributed by atoms with Gasteiger partial charge in [0.25, 0.3) is 0 Å². The van der Waals surface area contributed by atoms with Gasteiger partial charge in [-0.1, -0.05) is 26.3 Å². The van der Waals surface area contributed by atoms with Crippen molar-refractivity contribution in [1.82, 2.24) is 29.9 Å². The highest BCUT2D eigenvalue weighted by atomic mass is 15.3. The summed E-state index contributed by atoms with van der Waals surface area (Å²) in [5.74, 6) is 2.01. The highest BCUT2D eigenvalue weighted by Crippen LogP contribution is 2.21. The molecule has 0 amide bonds. The lowest BCUT2D eigenvalue weighted by Crippen LogP contribution is -2.44. The fraction of sp³-hybridized carbons (Fsp3) is 0.545. The van der Waals surface area contributed by atoms with Crippen molar-refractivity contribution in [2.24, 2.45) is 0 Å². The molecule has 9 heteroatoms. The first-order valence-corrected chi connectivity index (χ1v) is 11.3. The molecule has 1 unspecified atom stereocenters. The van der Waals surface area contributed by atoms with Gasteiger partial charge in [-0.2, -0.15) is 4.98 Å². The number of nitrogens with two attached hydrogens (primary N) is 1. The number of anilines is 3. The maximum Gasteiger partial charge on any atom is 0.243 e. The number of aryl methyl sites for hydroxylation is 1. The zero-order chi connectivity index (χ0) is 21.8. The Morgan fingerprint density at radius 3 is 2.71 bits per heavy atom. The lowest BCUT2D eigenvalue weighted by atomic mass is 10.1. The van der Waals surface area contributed by atoms with E-state index in [2.05, 4.69) is 52.3 Å². The van der Waals surface area contributed by atoms with Crippen LogP contribution in [0.25, 0.3) is 5.65 Å². The molecule has 0 saturated carbocycles. The summed E-state index contributed by atoms with van der Waals surface area (Å²) in [6.45, 7) is 10.5. The zero-order valence-corrected chi connectivity index (χ0v) is 18.7. The number of hydrogen-bond acceptors (Lipinski definition) is 8. The highest BCUT2D eigenvalue weighted by molar-refractivity contribution is 5.61. The van der Waals surface area contributed by atoms with Gasteiger partial charge in [-0.15, -0.1) is 5.10 Å². The summed E-state index contributed by atoms with van der Waals surface area (Å²) in [5, 5.41) is 11.5. The third kappa shape index (κ3) is 4.71. The van der Waals surface area contributed by atoms with E-state index in [-0.39, 0.29) is 0 Å². The minimum atomic E-state index is 0.332. The first-order chi connectivity index (χ1) is 15.1. The molecule has 0 aliphatic carbocycles. The van der Waals surface area contributed by atoms with E-state index in [0.29, 0.717) is 29.9 Å². The molecule has 31 heavy (non-hydrogen) atoms. The van der Waals surface area contributed by atoms with E-state index in [4.69, 9.17) is 15.8 Å². The van der Waals surface area contributed by atoms with Crippen LogP contribution in [0.1, 0.15) is 49.9 Å². The lowest BCUT2D eigenvalue weighted by Gasteiger charge is -2.29. The normalized spacial score (nSPS) is 15.4. The van der Waals surface area contributed by atoms with Crippen LogP contribution in [0.5, 0.6) is 0 Å². The van der Waals surface area contributed by atoms with Crippen molar-refractivity contribution < 1.29 is 0 Å². The fourth-order valence-corrected chi connectivity index (χ4v) is 4.18. The number of nitrogens with one attached hydrogen (secondary N) is 2. The lowest BCUT2D eigenvalue weighted by molar-refractivity contribution is 0.584. The summed E-state index contributed by atoms with van der Waals surface area (Å²) in [5.41, 5.74) is 10.1. The number of nitrogen functional groups attached to an aromatic ring is 1. The Hall–Kier alpha value is -2.94. The average Bonchev–Trinajstić information content (AvgIpc) is 3.17. The van der Waals surface area contributed by atoms with Gasteiger partial charge in [-0.3, -0.25) is 0 Å². The summed E-state index contributed by atoms with van der Waals surface area (Å²) in [4.78, 5) is 16.0. The Labute approximate surface area is 183 Å². The molecule has 4 rings (SSSR count). The maximum atomic E-state index is 6.18. The molecule has 3 aromatic heterocycles. The van der Waals surface area contributed by atoms with Crippen LogP contribution in [-0.2, 0) is 6.42 Å². The van der Waals surface area contributed by atoms with Crippen molar-refractivity contribution in [3.05, 3.63) is 35.3 Å². The highest BCUT2D eigenvalue weighted by Gasteiger charge is 2.16. The van der Waals surface area contributed by atoms with E-state index in [1.807, 2.05) is 16.9 Å². The third-order valence-electron chi connectivity index (χ3n) is 5.83. The predicted molar refractivity (Wildman–Crippen MR) is 125 cm³/mol. The van der Waals surface area contributed by atoms with Crippen LogP contribution in [0.15, 0.2) is 18.5 Å². The summed E-state index contributed by atoms with van der Waals surface area (Å²) >= 11 is 0. The second-order valence-corrected chi connectivity index (χ2v) is 8.24. The predicted octanol–water partition coefficient (Wildman–Crippen LogP) is 2.40. The molecule has 0 bridgehead atoms.